The van der Waals surface area contributed by atoms with Gasteiger partial charge in [-0.1, -0.05) is 0 Å². The van der Waals surface area contributed by atoms with Crippen LogP contribution in [-0.4, -0.2) is 78.0 Å². The van der Waals surface area contributed by atoms with E-state index < -0.39 is 17.7 Å². The number of hydrogen-bond donors (Lipinski definition) is 1. The van der Waals surface area contributed by atoms with E-state index in [9.17, 15) is 14.7 Å². The van der Waals surface area contributed by atoms with Gasteiger partial charge >= 0.3 is 6.09 Å². The molecule has 0 spiro atoms. The Morgan fingerprint density at radius 2 is 1.61 bits per heavy atom. The summed E-state index contributed by atoms with van der Waals surface area (Å²) in [4.78, 5) is 28.1. The molecule has 2 amide bonds. The highest BCUT2D eigenvalue weighted by atomic mass is 16.5. The summed E-state index contributed by atoms with van der Waals surface area (Å²) in [7, 11) is 0. The Hall–Kier alpha value is -1.34. The molecule has 0 radical (unpaired) electrons. The van der Waals surface area contributed by atoms with Crippen LogP contribution in [0.5, 0.6) is 0 Å². The van der Waals surface area contributed by atoms with Crippen molar-refractivity contribution in [2.75, 3.05) is 39.5 Å². The number of morpholine rings is 1. The van der Waals surface area contributed by atoms with Crippen LogP contribution in [0.1, 0.15) is 33.6 Å². The molecule has 0 saturated carbocycles. The largest absolute Gasteiger partial charge is 0.465 e. The van der Waals surface area contributed by atoms with Crippen molar-refractivity contribution in [1.82, 2.24) is 9.80 Å². The minimum atomic E-state index is -1.05. The van der Waals surface area contributed by atoms with E-state index in [2.05, 4.69) is 0 Å². The van der Waals surface area contributed by atoms with Crippen molar-refractivity contribution in [1.29, 1.82) is 0 Å². The number of ether oxygens (including phenoxy) is 2. The van der Waals surface area contributed by atoms with Gasteiger partial charge in [0.1, 0.15) is 6.04 Å². The lowest BCUT2D eigenvalue weighted by Crippen LogP contribution is -2.61. The van der Waals surface area contributed by atoms with E-state index in [0.717, 1.165) is 0 Å². The SMILES string of the molecule is CC(C)(C)N(C(=O)O)C(C(=O)N1CCOCC1)C1CCOCC1. The zero-order chi connectivity index (χ0) is 17.0. The Bertz CT molecular complexity index is 423. The molecule has 1 atom stereocenters. The van der Waals surface area contributed by atoms with Crippen LogP contribution in [0.15, 0.2) is 0 Å². The van der Waals surface area contributed by atoms with Crippen molar-refractivity contribution < 1.29 is 24.2 Å². The van der Waals surface area contributed by atoms with Gasteiger partial charge in [0.25, 0.3) is 0 Å². The van der Waals surface area contributed by atoms with Crippen molar-refractivity contribution in [2.24, 2.45) is 5.92 Å². The van der Waals surface area contributed by atoms with Gasteiger partial charge in [-0.3, -0.25) is 9.69 Å². The van der Waals surface area contributed by atoms with Gasteiger partial charge in [0.15, 0.2) is 0 Å². The molecule has 2 heterocycles. The van der Waals surface area contributed by atoms with Crippen LogP contribution in [0.4, 0.5) is 4.79 Å². The molecule has 1 N–H and O–H groups in total. The van der Waals surface area contributed by atoms with E-state index in [1.165, 1.54) is 4.90 Å². The average Bonchev–Trinajstić information content (AvgIpc) is 2.52. The van der Waals surface area contributed by atoms with Crippen LogP contribution in [-0.2, 0) is 14.3 Å². The van der Waals surface area contributed by atoms with E-state index in [1.807, 2.05) is 20.8 Å². The quantitative estimate of drug-likeness (QED) is 0.847. The molecule has 0 aromatic rings. The second kappa shape index (κ2) is 7.49. The molecule has 7 heteroatoms. The lowest BCUT2D eigenvalue weighted by atomic mass is 9.87. The number of amides is 2. The fourth-order valence-corrected chi connectivity index (χ4v) is 3.35. The lowest BCUT2D eigenvalue weighted by molar-refractivity contribution is -0.146. The van der Waals surface area contributed by atoms with Gasteiger partial charge in [-0.2, -0.15) is 0 Å². The number of carboxylic acid groups (broad SMARTS) is 1. The molecule has 1 unspecified atom stereocenters. The summed E-state index contributed by atoms with van der Waals surface area (Å²) in [5, 5.41) is 9.76. The van der Waals surface area contributed by atoms with Crippen LogP contribution in [0.3, 0.4) is 0 Å². The second-order valence-electron chi connectivity index (χ2n) is 7.16. The van der Waals surface area contributed by atoms with Gasteiger partial charge in [0.2, 0.25) is 5.91 Å². The highest BCUT2D eigenvalue weighted by Crippen LogP contribution is 2.30. The topological polar surface area (TPSA) is 79.3 Å². The fourth-order valence-electron chi connectivity index (χ4n) is 3.35. The van der Waals surface area contributed by atoms with Gasteiger partial charge < -0.3 is 19.5 Å². The Kier molecular flexibility index (Phi) is 5.86. The first-order valence-corrected chi connectivity index (χ1v) is 8.29. The third kappa shape index (κ3) is 4.35. The molecule has 7 nitrogen and oxygen atoms in total. The Balaban J connectivity index is 2.29. The average molecular weight is 328 g/mol. The first-order valence-electron chi connectivity index (χ1n) is 8.29. The normalized spacial score (nSPS) is 21.8. The number of carbonyl (C=O) groups is 2. The number of nitrogens with zero attached hydrogens (tertiary/aromatic N) is 2. The maximum Gasteiger partial charge on any atom is 0.408 e. The van der Waals surface area contributed by atoms with Crippen molar-refractivity contribution in [3.05, 3.63) is 0 Å². The number of carbonyl (C=O) groups excluding carboxylic acids is 1. The van der Waals surface area contributed by atoms with Crippen LogP contribution in [0.2, 0.25) is 0 Å². The molecule has 23 heavy (non-hydrogen) atoms. The van der Waals surface area contributed by atoms with Crippen LogP contribution in [0.25, 0.3) is 0 Å². The van der Waals surface area contributed by atoms with E-state index in [1.54, 1.807) is 4.90 Å². The van der Waals surface area contributed by atoms with Gasteiger partial charge in [-0.05, 0) is 39.5 Å². The maximum atomic E-state index is 13.1. The third-order valence-electron chi connectivity index (χ3n) is 4.50. The molecule has 2 aliphatic rings. The van der Waals surface area contributed by atoms with Gasteiger partial charge in [-0.15, -0.1) is 0 Å². The number of hydrogen-bond acceptors (Lipinski definition) is 4. The highest BCUT2D eigenvalue weighted by molar-refractivity contribution is 5.86. The van der Waals surface area contributed by atoms with E-state index in [4.69, 9.17) is 9.47 Å². The maximum absolute atomic E-state index is 13.1. The molecule has 0 aromatic carbocycles. The predicted octanol–water partition coefficient (Wildman–Crippen LogP) is 1.42. The smallest absolute Gasteiger partial charge is 0.408 e. The van der Waals surface area contributed by atoms with Crippen molar-refractivity contribution >= 4 is 12.0 Å². The summed E-state index contributed by atoms with van der Waals surface area (Å²) in [6.45, 7) is 8.72. The molecule has 2 aliphatic heterocycles. The monoisotopic (exact) mass is 328 g/mol. The van der Waals surface area contributed by atoms with E-state index in [0.29, 0.717) is 52.4 Å². The molecule has 2 fully saturated rings. The third-order valence-corrected chi connectivity index (χ3v) is 4.50. The summed E-state index contributed by atoms with van der Waals surface area (Å²) in [6.07, 6.45) is 0.372. The lowest BCUT2D eigenvalue weighted by Gasteiger charge is -2.45. The zero-order valence-corrected chi connectivity index (χ0v) is 14.3. The van der Waals surface area contributed by atoms with Crippen LogP contribution >= 0.6 is 0 Å². The van der Waals surface area contributed by atoms with Gasteiger partial charge in [0.05, 0.1) is 13.2 Å². The molecule has 2 rings (SSSR count). The fraction of sp³-hybridized carbons (Fsp3) is 0.875. The Labute approximate surface area is 137 Å². The van der Waals surface area contributed by atoms with Crippen LogP contribution < -0.4 is 0 Å². The molecule has 0 bridgehead atoms. The first kappa shape index (κ1) is 18.0. The predicted molar refractivity (Wildman–Crippen MR) is 84.3 cm³/mol. The minimum absolute atomic E-state index is 0.00517. The molecule has 132 valence electrons. The zero-order valence-electron chi connectivity index (χ0n) is 14.3. The van der Waals surface area contributed by atoms with Crippen LogP contribution in [0, 0.1) is 5.92 Å². The summed E-state index contributed by atoms with van der Waals surface area (Å²) in [5.41, 5.74) is -0.642. The standard InChI is InChI=1S/C16H28N2O5/c1-16(2,3)18(15(20)21)13(12-4-8-22-9-5-12)14(19)17-6-10-23-11-7-17/h12-13H,4-11H2,1-3H3,(H,20,21). The molecular weight excluding hydrogens is 300 g/mol. The van der Waals surface area contributed by atoms with E-state index in [-0.39, 0.29) is 11.8 Å². The Morgan fingerprint density at radius 3 is 2.09 bits per heavy atom. The second-order valence-corrected chi connectivity index (χ2v) is 7.16. The molecule has 2 saturated heterocycles. The van der Waals surface area contributed by atoms with Crippen molar-refractivity contribution in [3.63, 3.8) is 0 Å². The van der Waals surface area contributed by atoms with Crippen molar-refractivity contribution in [3.8, 4) is 0 Å². The Morgan fingerprint density at radius 1 is 1.09 bits per heavy atom. The van der Waals surface area contributed by atoms with E-state index >= 15 is 0 Å². The molecule has 0 aromatic heterocycles. The molecule has 0 aliphatic carbocycles. The summed E-state index contributed by atoms with van der Waals surface area (Å²) in [6, 6.07) is -0.658. The summed E-state index contributed by atoms with van der Waals surface area (Å²) < 4.78 is 10.7. The first-order chi connectivity index (χ1) is 10.8. The molecular formula is C16H28N2O5. The van der Waals surface area contributed by atoms with Gasteiger partial charge in [0, 0.05) is 31.8 Å². The summed E-state index contributed by atoms with van der Waals surface area (Å²) in [5.74, 6) is -0.105. The number of rotatable bonds is 3. The minimum Gasteiger partial charge on any atom is -0.465 e. The van der Waals surface area contributed by atoms with Crippen molar-refractivity contribution in [2.45, 2.75) is 45.2 Å². The highest BCUT2D eigenvalue weighted by Gasteiger charge is 2.44. The van der Waals surface area contributed by atoms with Gasteiger partial charge in [-0.25, -0.2) is 4.79 Å². The summed E-state index contributed by atoms with van der Waals surface area (Å²) >= 11 is 0.